The summed E-state index contributed by atoms with van der Waals surface area (Å²) in [4.78, 5) is 26.0. The van der Waals surface area contributed by atoms with E-state index in [-0.39, 0.29) is 30.4 Å². The molecular weight excluding hydrogens is 606 g/mol. The lowest BCUT2D eigenvalue weighted by Gasteiger charge is -2.26. The third-order valence-electron chi connectivity index (χ3n) is 9.04. The van der Waals surface area contributed by atoms with Crippen LogP contribution >= 0.6 is 0 Å². The van der Waals surface area contributed by atoms with Gasteiger partial charge in [0.1, 0.15) is 0 Å². The molecule has 0 aliphatic rings. The molecule has 0 aromatic rings. The molecule has 0 bridgehead atoms. The van der Waals surface area contributed by atoms with Gasteiger partial charge in [0, 0.05) is 12.8 Å². The molecule has 0 heterocycles. The van der Waals surface area contributed by atoms with Crippen LogP contribution in [-0.4, -0.2) is 31.4 Å². The van der Waals surface area contributed by atoms with Crippen LogP contribution in [0.2, 0.25) is 0 Å². The molecular formula is C41H78ClNO4. The summed E-state index contributed by atoms with van der Waals surface area (Å²) in [5.41, 5.74) is 0. The average molecular weight is 685 g/mol. The SMILES string of the molecule is CCCCCCCC/C=C\CCCCCCCC(=O)OC(OC(=O)CCCCCCC/C=C\CCCCCCCC)[NH+](C)C(C)C.[Cl-]. The number of quaternary nitrogens is 1. The van der Waals surface area contributed by atoms with Crippen LogP contribution in [0.4, 0.5) is 0 Å². The second-order valence-electron chi connectivity index (χ2n) is 13.9. The molecule has 0 amide bonds. The quantitative estimate of drug-likeness (QED) is 0.0321. The average Bonchev–Trinajstić information content (AvgIpc) is 3.04. The Morgan fingerprint density at radius 3 is 1.06 bits per heavy atom. The zero-order valence-electron chi connectivity index (χ0n) is 31.8. The molecule has 6 heteroatoms. The van der Waals surface area contributed by atoms with E-state index >= 15 is 0 Å². The largest absolute Gasteiger partial charge is 1.00 e. The Bertz CT molecular complexity index is 685. The van der Waals surface area contributed by atoms with Gasteiger partial charge in [0.2, 0.25) is 0 Å². The van der Waals surface area contributed by atoms with Crippen LogP contribution in [0.5, 0.6) is 0 Å². The van der Waals surface area contributed by atoms with Crippen molar-refractivity contribution in [2.45, 2.75) is 220 Å². The molecule has 0 aromatic heterocycles. The minimum Gasteiger partial charge on any atom is -1.00 e. The number of unbranched alkanes of at least 4 members (excludes halogenated alkanes) is 22. The lowest BCUT2D eigenvalue weighted by molar-refractivity contribution is -0.969. The van der Waals surface area contributed by atoms with E-state index in [0.29, 0.717) is 12.8 Å². The zero-order valence-corrected chi connectivity index (χ0v) is 32.5. The second-order valence-corrected chi connectivity index (χ2v) is 13.9. The molecule has 1 atom stereocenters. The van der Waals surface area contributed by atoms with E-state index in [9.17, 15) is 9.59 Å². The molecule has 0 aliphatic heterocycles. The molecule has 0 saturated carbocycles. The van der Waals surface area contributed by atoms with Crippen LogP contribution in [-0.2, 0) is 19.1 Å². The van der Waals surface area contributed by atoms with Crippen LogP contribution in [0.25, 0.3) is 0 Å². The smallest absolute Gasteiger partial charge is 0.397 e. The van der Waals surface area contributed by atoms with E-state index < -0.39 is 6.41 Å². The Morgan fingerprint density at radius 1 is 0.489 bits per heavy atom. The van der Waals surface area contributed by atoms with Gasteiger partial charge in [-0.3, -0.25) is 14.5 Å². The molecule has 0 spiro atoms. The van der Waals surface area contributed by atoms with Crippen molar-refractivity contribution in [2.24, 2.45) is 0 Å². The Kier molecular flexibility index (Phi) is 38.1. The maximum atomic E-state index is 12.6. The summed E-state index contributed by atoms with van der Waals surface area (Å²) < 4.78 is 11.3. The summed E-state index contributed by atoms with van der Waals surface area (Å²) in [5, 5.41) is 0. The third kappa shape index (κ3) is 34.3. The van der Waals surface area contributed by atoms with E-state index in [0.717, 1.165) is 56.3 Å². The molecule has 0 rings (SSSR count). The highest BCUT2D eigenvalue weighted by Crippen LogP contribution is 2.12. The maximum absolute atomic E-state index is 12.6. The normalized spacial score (nSPS) is 12.3. The summed E-state index contributed by atoms with van der Waals surface area (Å²) in [6, 6.07) is 0.172. The summed E-state index contributed by atoms with van der Waals surface area (Å²) in [6.07, 6.45) is 41.2. The molecule has 0 aliphatic carbocycles. The summed E-state index contributed by atoms with van der Waals surface area (Å²) >= 11 is 0. The Morgan fingerprint density at radius 2 is 0.766 bits per heavy atom. The highest BCUT2D eigenvalue weighted by molar-refractivity contribution is 5.71. The minimum absolute atomic E-state index is 0. The lowest BCUT2D eigenvalue weighted by atomic mass is 10.1. The van der Waals surface area contributed by atoms with Gasteiger partial charge in [-0.05, 0) is 78.1 Å². The first-order valence-electron chi connectivity index (χ1n) is 19.9. The molecule has 0 saturated heterocycles. The number of halogens is 1. The van der Waals surface area contributed by atoms with Crippen molar-refractivity contribution in [3.63, 3.8) is 0 Å². The van der Waals surface area contributed by atoms with Gasteiger partial charge in [-0.1, -0.05) is 141 Å². The molecule has 0 fully saturated rings. The monoisotopic (exact) mass is 684 g/mol. The predicted molar refractivity (Wildman–Crippen MR) is 197 cm³/mol. The lowest BCUT2D eigenvalue weighted by Crippen LogP contribution is -3.16. The van der Waals surface area contributed by atoms with E-state index in [1.165, 1.54) is 116 Å². The van der Waals surface area contributed by atoms with Crippen molar-refractivity contribution in [3.8, 4) is 0 Å². The summed E-state index contributed by atoms with van der Waals surface area (Å²) in [7, 11) is 1.92. The van der Waals surface area contributed by atoms with Gasteiger partial charge in [0.05, 0.1) is 13.1 Å². The number of esters is 2. The van der Waals surface area contributed by atoms with Crippen LogP contribution in [0, 0.1) is 0 Å². The first kappa shape index (κ1) is 47.8. The Labute approximate surface area is 298 Å². The molecule has 5 nitrogen and oxygen atoms in total. The number of nitrogens with one attached hydrogen (secondary N) is 1. The van der Waals surface area contributed by atoms with Gasteiger partial charge in [0.15, 0.2) is 0 Å². The number of allylic oxidation sites excluding steroid dienone is 4. The van der Waals surface area contributed by atoms with E-state index in [1.54, 1.807) is 0 Å². The number of ether oxygens (including phenoxy) is 2. The highest BCUT2D eigenvalue weighted by Gasteiger charge is 2.28. The number of carbonyl (C=O) groups is 2. The maximum Gasteiger partial charge on any atom is 0.397 e. The van der Waals surface area contributed by atoms with Crippen molar-refractivity contribution >= 4 is 11.9 Å². The molecule has 0 radical (unpaired) electrons. The first-order chi connectivity index (χ1) is 22.4. The van der Waals surface area contributed by atoms with Crippen molar-refractivity contribution in [3.05, 3.63) is 24.3 Å². The topological polar surface area (TPSA) is 57.0 Å². The van der Waals surface area contributed by atoms with Gasteiger partial charge < -0.3 is 21.9 Å². The van der Waals surface area contributed by atoms with Crippen molar-refractivity contribution in [2.75, 3.05) is 7.05 Å². The predicted octanol–water partition coefficient (Wildman–Crippen LogP) is 8.36. The fourth-order valence-corrected chi connectivity index (χ4v) is 5.52. The first-order valence-corrected chi connectivity index (χ1v) is 19.9. The van der Waals surface area contributed by atoms with E-state index in [1.807, 2.05) is 20.9 Å². The van der Waals surface area contributed by atoms with Crippen LogP contribution in [0.3, 0.4) is 0 Å². The van der Waals surface area contributed by atoms with Crippen molar-refractivity contribution < 1.29 is 36.4 Å². The van der Waals surface area contributed by atoms with Gasteiger partial charge in [-0.15, -0.1) is 0 Å². The van der Waals surface area contributed by atoms with E-state index in [2.05, 4.69) is 38.2 Å². The van der Waals surface area contributed by atoms with Gasteiger partial charge in [0.25, 0.3) is 0 Å². The van der Waals surface area contributed by atoms with Crippen molar-refractivity contribution in [1.29, 1.82) is 0 Å². The van der Waals surface area contributed by atoms with Crippen LogP contribution in [0.1, 0.15) is 207 Å². The molecule has 47 heavy (non-hydrogen) atoms. The summed E-state index contributed by atoms with van der Waals surface area (Å²) in [5.74, 6) is -0.534. The number of carbonyl (C=O) groups excluding carboxylic acids is 2. The number of hydrogen-bond donors (Lipinski definition) is 1. The molecule has 278 valence electrons. The standard InChI is InChI=1S/C41H77NO4.ClH/c1-6-8-10-12-14-16-18-20-22-24-26-28-30-32-34-36-39(43)45-41(42(5)38(3)4)46-40(44)37-35-33-31-29-27-25-23-21-19-17-15-13-11-9-7-2;/h20-23,38,41H,6-19,24-37H2,1-5H3;1H/b22-20-,23-21-;. The van der Waals surface area contributed by atoms with Gasteiger partial charge in [-0.2, -0.15) is 0 Å². The Hall–Kier alpha value is -1.33. The number of rotatable bonds is 34. The molecule has 1 unspecified atom stereocenters. The van der Waals surface area contributed by atoms with Crippen LogP contribution < -0.4 is 17.3 Å². The number of hydrogen-bond acceptors (Lipinski definition) is 4. The fraction of sp³-hybridized carbons (Fsp3) is 0.854. The van der Waals surface area contributed by atoms with Gasteiger partial charge in [-0.25, -0.2) is 0 Å². The fourth-order valence-electron chi connectivity index (χ4n) is 5.52. The minimum atomic E-state index is -0.869. The van der Waals surface area contributed by atoms with Gasteiger partial charge >= 0.3 is 18.4 Å². The van der Waals surface area contributed by atoms with Crippen LogP contribution in [0.15, 0.2) is 24.3 Å². The third-order valence-corrected chi connectivity index (χ3v) is 9.04. The molecule has 1 N–H and O–H groups in total. The summed E-state index contributed by atoms with van der Waals surface area (Å²) in [6.45, 7) is 8.61. The van der Waals surface area contributed by atoms with Crippen molar-refractivity contribution in [1.82, 2.24) is 0 Å². The second kappa shape index (κ2) is 37.5. The zero-order chi connectivity index (χ0) is 33.9. The van der Waals surface area contributed by atoms with E-state index in [4.69, 9.17) is 9.47 Å². The molecule has 0 aromatic carbocycles. The Balaban J connectivity index is 0. The highest BCUT2D eigenvalue weighted by atomic mass is 35.5.